The number of aromatic amines is 1. The normalized spacial score (nSPS) is 11.9. The average molecular weight is 424 g/mol. The van der Waals surface area contributed by atoms with Gasteiger partial charge in [-0.3, -0.25) is 4.98 Å². The average Bonchev–Trinajstić information content (AvgIpc) is 3.44. The van der Waals surface area contributed by atoms with Gasteiger partial charge in [-0.15, -0.1) is 0 Å². The van der Waals surface area contributed by atoms with Crippen molar-refractivity contribution in [3.05, 3.63) is 103 Å². The van der Waals surface area contributed by atoms with Crippen molar-refractivity contribution in [2.24, 2.45) is 0 Å². The van der Waals surface area contributed by atoms with Gasteiger partial charge in [-0.05, 0) is 55.8 Å². The van der Waals surface area contributed by atoms with Gasteiger partial charge in [0.25, 0.3) is 0 Å². The molecule has 7 nitrogen and oxygen atoms in total. The zero-order chi connectivity index (χ0) is 22.5. The van der Waals surface area contributed by atoms with Gasteiger partial charge in [0.2, 0.25) is 0 Å². The van der Waals surface area contributed by atoms with E-state index in [1.54, 1.807) is 10.6 Å². The Balaban J connectivity index is 1.73. The smallest absolute Gasteiger partial charge is 0.155 e. The molecular weight excluding hydrogens is 398 g/mol. The van der Waals surface area contributed by atoms with Crippen molar-refractivity contribution in [2.75, 3.05) is 0 Å². The van der Waals surface area contributed by atoms with Crippen molar-refractivity contribution in [1.29, 1.82) is 0 Å². The lowest BCUT2D eigenvalue weighted by Crippen LogP contribution is -2.12. The van der Waals surface area contributed by atoms with Crippen molar-refractivity contribution in [1.82, 2.24) is 34.9 Å². The van der Waals surface area contributed by atoms with E-state index < -0.39 is 0 Å². The minimum atomic E-state index is 0.505. The molecular formula is C25H25N7. The molecule has 0 aliphatic carbocycles. The van der Waals surface area contributed by atoms with Gasteiger partial charge in [0, 0.05) is 23.2 Å². The molecule has 0 bridgehead atoms. The number of aromatic nitrogens is 6. The predicted octanol–water partition coefficient (Wildman–Crippen LogP) is 4.78. The topological polar surface area (TPSA) is 83.8 Å². The van der Waals surface area contributed by atoms with Gasteiger partial charge in [0.05, 0.1) is 23.6 Å². The first-order valence-corrected chi connectivity index (χ1v) is 10.3. The SMILES string of the molecule is C=CC(=C)/C=C(\C=C/C)NCc1nc(-c2ccc3ncnn3c2)c(-c2cccc(C)n2)[nH]1. The number of hydrogen-bond donors (Lipinski definition) is 2. The molecule has 4 aromatic rings. The fraction of sp³-hybridized carbons (Fsp3) is 0.120. The second kappa shape index (κ2) is 9.26. The highest BCUT2D eigenvalue weighted by Crippen LogP contribution is 2.29. The lowest BCUT2D eigenvalue weighted by molar-refractivity contribution is 0.785. The molecule has 0 aliphatic rings. The third-order valence-corrected chi connectivity index (χ3v) is 4.85. The van der Waals surface area contributed by atoms with Crippen LogP contribution in [0, 0.1) is 6.92 Å². The summed E-state index contributed by atoms with van der Waals surface area (Å²) in [6, 6.07) is 9.87. The van der Waals surface area contributed by atoms with E-state index in [9.17, 15) is 0 Å². The molecule has 0 amide bonds. The number of rotatable bonds is 8. The highest BCUT2D eigenvalue weighted by Gasteiger charge is 2.16. The van der Waals surface area contributed by atoms with Crippen molar-refractivity contribution >= 4 is 5.65 Å². The Morgan fingerprint density at radius 2 is 2.09 bits per heavy atom. The highest BCUT2D eigenvalue weighted by molar-refractivity contribution is 5.77. The number of aryl methyl sites for hydroxylation is 1. The molecule has 0 saturated heterocycles. The molecule has 4 rings (SSSR count). The molecule has 2 N–H and O–H groups in total. The van der Waals surface area contributed by atoms with Gasteiger partial charge in [-0.1, -0.05) is 31.4 Å². The molecule has 0 radical (unpaired) electrons. The summed E-state index contributed by atoms with van der Waals surface area (Å²) in [6.07, 6.45) is 11.1. The predicted molar refractivity (Wildman–Crippen MR) is 128 cm³/mol. The van der Waals surface area contributed by atoms with Crippen LogP contribution in [0.4, 0.5) is 0 Å². The second-order valence-electron chi connectivity index (χ2n) is 7.28. The zero-order valence-corrected chi connectivity index (χ0v) is 18.2. The molecule has 0 unspecified atom stereocenters. The Labute approximate surface area is 187 Å². The zero-order valence-electron chi connectivity index (χ0n) is 18.2. The second-order valence-corrected chi connectivity index (χ2v) is 7.28. The van der Waals surface area contributed by atoms with E-state index >= 15 is 0 Å². The maximum atomic E-state index is 4.90. The third-order valence-electron chi connectivity index (χ3n) is 4.85. The van der Waals surface area contributed by atoms with Crippen molar-refractivity contribution in [3.8, 4) is 22.6 Å². The molecule has 0 aromatic carbocycles. The van der Waals surface area contributed by atoms with Gasteiger partial charge in [0.1, 0.15) is 12.2 Å². The number of nitrogens with one attached hydrogen (secondary N) is 2. The summed E-state index contributed by atoms with van der Waals surface area (Å²) in [5.41, 5.74) is 6.91. The van der Waals surface area contributed by atoms with Crippen LogP contribution in [-0.2, 0) is 6.54 Å². The highest BCUT2D eigenvalue weighted by atomic mass is 15.3. The number of H-pyrrole nitrogens is 1. The molecule has 4 aromatic heterocycles. The Bertz CT molecular complexity index is 1340. The minimum Gasteiger partial charge on any atom is -0.378 e. The maximum Gasteiger partial charge on any atom is 0.155 e. The van der Waals surface area contributed by atoms with Crippen LogP contribution in [0.2, 0.25) is 0 Å². The summed E-state index contributed by atoms with van der Waals surface area (Å²) >= 11 is 0. The van der Waals surface area contributed by atoms with Crippen LogP contribution in [0.15, 0.2) is 91.6 Å². The van der Waals surface area contributed by atoms with Crippen LogP contribution in [0.1, 0.15) is 18.4 Å². The van der Waals surface area contributed by atoms with Gasteiger partial charge in [-0.2, -0.15) is 5.10 Å². The van der Waals surface area contributed by atoms with E-state index in [4.69, 9.17) is 9.97 Å². The molecule has 0 saturated carbocycles. The van der Waals surface area contributed by atoms with Gasteiger partial charge < -0.3 is 10.3 Å². The molecule has 4 heterocycles. The first-order valence-electron chi connectivity index (χ1n) is 10.3. The van der Waals surface area contributed by atoms with Crippen LogP contribution in [0.3, 0.4) is 0 Å². The largest absolute Gasteiger partial charge is 0.378 e. The van der Waals surface area contributed by atoms with Crippen LogP contribution in [0.5, 0.6) is 0 Å². The lowest BCUT2D eigenvalue weighted by atomic mass is 10.1. The van der Waals surface area contributed by atoms with E-state index in [2.05, 4.69) is 33.5 Å². The Morgan fingerprint density at radius 3 is 2.88 bits per heavy atom. The number of imidazole rings is 1. The fourth-order valence-corrected chi connectivity index (χ4v) is 3.32. The van der Waals surface area contributed by atoms with Crippen LogP contribution >= 0.6 is 0 Å². The number of allylic oxidation sites excluding steroid dienone is 5. The van der Waals surface area contributed by atoms with Crippen LogP contribution < -0.4 is 5.32 Å². The number of nitrogens with zero attached hydrogens (tertiary/aromatic N) is 5. The Morgan fingerprint density at radius 1 is 1.22 bits per heavy atom. The summed E-state index contributed by atoms with van der Waals surface area (Å²) in [7, 11) is 0. The molecule has 32 heavy (non-hydrogen) atoms. The molecule has 0 aliphatic heterocycles. The van der Waals surface area contributed by atoms with Crippen molar-refractivity contribution in [3.63, 3.8) is 0 Å². The van der Waals surface area contributed by atoms with Crippen LogP contribution in [0.25, 0.3) is 28.3 Å². The molecule has 0 fully saturated rings. The molecule has 0 atom stereocenters. The van der Waals surface area contributed by atoms with E-state index in [1.165, 1.54) is 6.33 Å². The number of fused-ring (bicyclic) bond motifs is 1. The summed E-state index contributed by atoms with van der Waals surface area (Å²) in [5, 5.41) is 7.66. The minimum absolute atomic E-state index is 0.505. The van der Waals surface area contributed by atoms with Crippen molar-refractivity contribution in [2.45, 2.75) is 20.4 Å². The molecule has 7 heteroatoms. The monoisotopic (exact) mass is 423 g/mol. The first kappa shape index (κ1) is 21.0. The summed E-state index contributed by atoms with van der Waals surface area (Å²) in [4.78, 5) is 17.3. The van der Waals surface area contributed by atoms with Crippen molar-refractivity contribution < 1.29 is 0 Å². The number of hydrogen-bond acceptors (Lipinski definition) is 5. The van der Waals surface area contributed by atoms with E-state index in [0.29, 0.717) is 6.54 Å². The quantitative estimate of drug-likeness (QED) is 0.399. The standard InChI is InChI=1S/C25H25N7/c1-5-8-20(13-17(3)6-2)26-14-22-30-24(19-11-12-23-27-16-28-32(23)15-19)25(31-22)21-10-7-9-18(4)29-21/h5-13,15-16,26H,2-3,14H2,1,4H3,(H,30,31)/b8-5-,20-13+. The fourth-order valence-electron chi connectivity index (χ4n) is 3.32. The van der Waals surface area contributed by atoms with E-state index in [0.717, 1.165) is 51.1 Å². The van der Waals surface area contributed by atoms with E-state index in [1.807, 2.05) is 68.6 Å². The Hall–Kier alpha value is -4.26. The first-order chi connectivity index (χ1) is 15.6. The van der Waals surface area contributed by atoms with Crippen LogP contribution in [-0.4, -0.2) is 29.5 Å². The number of pyridine rings is 2. The third kappa shape index (κ3) is 4.57. The van der Waals surface area contributed by atoms with Gasteiger partial charge in [0.15, 0.2) is 5.65 Å². The van der Waals surface area contributed by atoms with Gasteiger partial charge >= 0.3 is 0 Å². The van der Waals surface area contributed by atoms with E-state index in [-0.39, 0.29) is 0 Å². The summed E-state index contributed by atoms with van der Waals surface area (Å²) in [6.45, 7) is 12.2. The lowest BCUT2D eigenvalue weighted by Gasteiger charge is -2.06. The Kier molecular flexibility index (Phi) is 6.07. The summed E-state index contributed by atoms with van der Waals surface area (Å²) in [5.74, 6) is 0.789. The molecule has 0 spiro atoms. The van der Waals surface area contributed by atoms with Gasteiger partial charge in [-0.25, -0.2) is 14.5 Å². The molecule has 160 valence electrons. The maximum absolute atomic E-state index is 4.90. The summed E-state index contributed by atoms with van der Waals surface area (Å²) < 4.78 is 1.74.